The Balaban J connectivity index is 2.81. The minimum atomic E-state index is -0.639. The second kappa shape index (κ2) is 6.35. The summed E-state index contributed by atoms with van der Waals surface area (Å²) in [5.74, 6) is 1.26. The van der Waals surface area contributed by atoms with Gasteiger partial charge in [0.1, 0.15) is 6.10 Å². The van der Waals surface area contributed by atoms with Crippen molar-refractivity contribution in [3.8, 4) is 11.5 Å². The van der Waals surface area contributed by atoms with Gasteiger partial charge in [0, 0.05) is 6.61 Å². The van der Waals surface area contributed by atoms with E-state index >= 15 is 0 Å². The van der Waals surface area contributed by atoms with E-state index in [9.17, 15) is 5.11 Å². The average Bonchev–Trinajstić information content (AvgIpc) is 2.34. The third-order valence-corrected chi connectivity index (χ3v) is 2.27. The van der Waals surface area contributed by atoms with Gasteiger partial charge in [0.2, 0.25) is 0 Å². The van der Waals surface area contributed by atoms with Crippen LogP contribution in [-0.4, -0.2) is 32.5 Å². The molecule has 90 valence electrons. The molecule has 0 radical (unpaired) electrons. The molecule has 4 nitrogen and oxygen atoms in total. The minimum Gasteiger partial charge on any atom is -0.493 e. The van der Waals surface area contributed by atoms with Crippen LogP contribution in [0.4, 0.5) is 0 Å². The lowest BCUT2D eigenvalue weighted by molar-refractivity contribution is 0.0419. The second-order valence-electron chi connectivity index (χ2n) is 3.29. The Hall–Kier alpha value is -1.26. The van der Waals surface area contributed by atoms with Crippen LogP contribution in [-0.2, 0) is 4.74 Å². The molecule has 0 spiro atoms. The van der Waals surface area contributed by atoms with Gasteiger partial charge in [-0.15, -0.1) is 0 Å². The van der Waals surface area contributed by atoms with E-state index in [1.807, 2.05) is 6.92 Å². The predicted molar refractivity (Wildman–Crippen MR) is 61.0 cm³/mol. The monoisotopic (exact) mass is 226 g/mol. The Kier molecular flexibility index (Phi) is 5.08. The largest absolute Gasteiger partial charge is 0.493 e. The van der Waals surface area contributed by atoms with Crippen LogP contribution >= 0.6 is 0 Å². The lowest BCUT2D eigenvalue weighted by Gasteiger charge is -2.13. The van der Waals surface area contributed by atoms with E-state index in [1.54, 1.807) is 32.4 Å². The molecule has 0 heterocycles. The van der Waals surface area contributed by atoms with Crippen LogP contribution in [0, 0.1) is 0 Å². The zero-order valence-corrected chi connectivity index (χ0v) is 9.90. The van der Waals surface area contributed by atoms with Crippen LogP contribution in [0.5, 0.6) is 11.5 Å². The van der Waals surface area contributed by atoms with Gasteiger partial charge in [-0.2, -0.15) is 0 Å². The molecule has 0 aromatic heterocycles. The number of aliphatic hydroxyl groups is 1. The number of hydrogen-bond acceptors (Lipinski definition) is 4. The Morgan fingerprint density at radius 3 is 2.44 bits per heavy atom. The van der Waals surface area contributed by atoms with Crippen molar-refractivity contribution in [3.63, 3.8) is 0 Å². The highest BCUT2D eigenvalue weighted by molar-refractivity contribution is 5.43. The van der Waals surface area contributed by atoms with Crippen LogP contribution in [0.15, 0.2) is 18.2 Å². The maximum atomic E-state index is 9.81. The molecule has 0 aliphatic rings. The molecular weight excluding hydrogens is 208 g/mol. The molecule has 0 fully saturated rings. The number of rotatable bonds is 6. The number of aliphatic hydroxyl groups excluding tert-OH is 1. The summed E-state index contributed by atoms with van der Waals surface area (Å²) in [6, 6.07) is 5.32. The molecule has 1 unspecified atom stereocenters. The molecule has 4 heteroatoms. The fraction of sp³-hybridized carbons (Fsp3) is 0.500. The van der Waals surface area contributed by atoms with E-state index < -0.39 is 6.10 Å². The summed E-state index contributed by atoms with van der Waals surface area (Å²) in [4.78, 5) is 0. The maximum Gasteiger partial charge on any atom is 0.161 e. The van der Waals surface area contributed by atoms with E-state index in [0.717, 1.165) is 5.56 Å². The molecule has 1 rings (SSSR count). The Morgan fingerprint density at radius 2 is 1.88 bits per heavy atom. The highest BCUT2D eigenvalue weighted by atomic mass is 16.5. The van der Waals surface area contributed by atoms with Gasteiger partial charge in [-0.1, -0.05) is 6.07 Å². The van der Waals surface area contributed by atoms with Gasteiger partial charge in [-0.25, -0.2) is 0 Å². The lowest BCUT2D eigenvalue weighted by Crippen LogP contribution is -2.07. The fourth-order valence-electron chi connectivity index (χ4n) is 1.39. The molecule has 0 saturated carbocycles. The van der Waals surface area contributed by atoms with Gasteiger partial charge < -0.3 is 19.3 Å². The molecule has 0 saturated heterocycles. The summed E-state index contributed by atoms with van der Waals surface area (Å²) >= 11 is 0. The zero-order valence-electron chi connectivity index (χ0n) is 9.90. The van der Waals surface area contributed by atoms with Crippen molar-refractivity contribution in [1.29, 1.82) is 0 Å². The van der Waals surface area contributed by atoms with Crippen molar-refractivity contribution in [2.75, 3.05) is 27.4 Å². The van der Waals surface area contributed by atoms with Gasteiger partial charge in [0.25, 0.3) is 0 Å². The van der Waals surface area contributed by atoms with Crippen molar-refractivity contribution >= 4 is 0 Å². The van der Waals surface area contributed by atoms with Crippen LogP contribution in [0.1, 0.15) is 18.6 Å². The summed E-state index contributed by atoms with van der Waals surface area (Å²) in [5, 5.41) is 9.81. The second-order valence-corrected chi connectivity index (χ2v) is 3.29. The first-order valence-corrected chi connectivity index (χ1v) is 5.20. The van der Waals surface area contributed by atoms with Crippen molar-refractivity contribution < 1.29 is 19.3 Å². The first-order valence-electron chi connectivity index (χ1n) is 5.20. The van der Waals surface area contributed by atoms with E-state index in [0.29, 0.717) is 18.1 Å². The first-order chi connectivity index (χ1) is 7.72. The fourth-order valence-corrected chi connectivity index (χ4v) is 1.39. The lowest BCUT2D eigenvalue weighted by atomic mass is 10.1. The molecular formula is C12H18O4. The van der Waals surface area contributed by atoms with Gasteiger partial charge in [-0.05, 0) is 24.6 Å². The number of methoxy groups -OCH3 is 2. The molecule has 1 atom stereocenters. The highest BCUT2D eigenvalue weighted by Gasteiger charge is 2.11. The first kappa shape index (κ1) is 12.8. The van der Waals surface area contributed by atoms with Crippen molar-refractivity contribution in [2.24, 2.45) is 0 Å². The molecule has 0 aliphatic heterocycles. The molecule has 1 aromatic rings. The normalized spacial score (nSPS) is 12.2. The highest BCUT2D eigenvalue weighted by Crippen LogP contribution is 2.29. The number of benzene rings is 1. The number of hydrogen-bond donors (Lipinski definition) is 1. The van der Waals surface area contributed by atoms with Crippen molar-refractivity contribution in [1.82, 2.24) is 0 Å². The smallest absolute Gasteiger partial charge is 0.161 e. The van der Waals surface area contributed by atoms with Gasteiger partial charge in [-0.3, -0.25) is 0 Å². The molecule has 0 aliphatic carbocycles. The summed E-state index contributed by atoms with van der Waals surface area (Å²) < 4.78 is 15.4. The zero-order chi connectivity index (χ0) is 12.0. The summed E-state index contributed by atoms with van der Waals surface area (Å²) in [6.07, 6.45) is -0.639. The third-order valence-electron chi connectivity index (χ3n) is 2.27. The van der Waals surface area contributed by atoms with E-state index in [-0.39, 0.29) is 6.61 Å². The van der Waals surface area contributed by atoms with Crippen LogP contribution in [0.25, 0.3) is 0 Å². The minimum absolute atomic E-state index is 0.284. The SMILES string of the molecule is CCOCC(O)c1ccc(OC)c(OC)c1. The Bertz CT molecular complexity index is 325. The average molecular weight is 226 g/mol. The standard InChI is InChI=1S/C12H18O4/c1-4-16-8-10(13)9-5-6-11(14-2)12(7-9)15-3/h5-7,10,13H,4,8H2,1-3H3. The van der Waals surface area contributed by atoms with E-state index in [1.165, 1.54) is 0 Å². The topological polar surface area (TPSA) is 47.9 Å². The van der Waals surface area contributed by atoms with Crippen LogP contribution in [0.2, 0.25) is 0 Å². The van der Waals surface area contributed by atoms with Crippen molar-refractivity contribution in [2.45, 2.75) is 13.0 Å². The van der Waals surface area contributed by atoms with Crippen LogP contribution in [0.3, 0.4) is 0 Å². The molecule has 1 N–H and O–H groups in total. The summed E-state index contributed by atoms with van der Waals surface area (Å²) in [6.45, 7) is 2.76. The molecule has 0 bridgehead atoms. The molecule has 16 heavy (non-hydrogen) atoms. The van der Waals surface area contributed by atoms with Gasteiger partial charge in [0.15, 0.2) is 11.5 Å². The quantitative estimate of drug-likeness (QED) is 0.803. The molecule has 1 aromatic carbocycles. The summed E-state index contributed by atoms with van der Waals surface area (Å²) in [7, 11) is 3.14. The van der Waals surface area contributed by atoms with E-state index in [4.69, 9.17) is 14.2 Å². The van der Waals surface area contributed by atoms with Crippen molar-refractivity contribution in [3.05, 3.63) is 23.8 Å². The number of ether oxygens (including phenoxy) is 3. The predicted octanol–water partition coefficient (Wildman–Crippen LogP) is 1.77. The van der Waals surface area contributed by atoms with Gasteiger partial charge >= 0.3 is 0 Å². The third kappa shape index (κ3) is 3.12. The van der Waals surface area contributed by atoms with Gasteiger partial charge in [0.05, 0.1) is 20.8 Å². The van der Waals surface area contributed by atoms with E-state index in [2.05, 4.69) is 0 Å². The van der Waals surface area contributed by atoms with Crippen LogP contribution < -0.4 is 9.47 Å². The Labute approximate surface area is 95.8 Å². The molecule has 0 amide bonds. The maximum absolute atomic E-state index is 9.81. The Morgan fingerprint density at radius 1 is 1.19 bits per heavy atom. The summed E-state index contributed by atoms with van der Waals surface area (Å²) in [5.41, 5.74) is 0.756.